The van der Waals surface area contributed by atoms with Gasteiger partial charge in [0.25, 0.3) is 0 Å². The third kappa shape index (κ3) is 3.68. The van der Waals surface area contributed by atoms with Crippen LogP contribution in [-0.2, 0) is 13.0 Å². The van der Waals surface area contributed by atoms with E-state index in [0.717, 1.165) is 40.1 Å². The van der Waals surface area contributed by atoms with Crippen LogP contribution in [0.2, 0.25) is 0 Å². The zero-order valence-electron chi connectivity index (χ0n) is 18.3. The summed E-state index contributed by atoms with van der Waals surface area (Å²) in [6.07, 6.45) is 0.779. The standard InChI is InChI=1S/C28H24N2O3/c1-2-18-15-23-27(24(31)16-18)26-21(28(29)32)12-8-13-22(26)30(23)17-19-9-6-7-14-25(19)33-20-10-4-3-5-11-20/h3-16,31H,2,17H2,1H3,(H2,29,32). The van der Waals surface area contributed by atoms with Gasteiger partial charge in [0.1, 0.15) is 17.2 Å². The molecule has 4 aromatic carbocycles. The molecule has 0 saturated carbocycles. The molecule has 0 fully saturated rings. The molecular weight excluding hydrogens is 412 g/mol. The van der Waals surface area contributed by atoms with Crippen LogP contribution < -0.4 is 10.5 Å². The molecule has 0 spiro atoms. The number of benzene rings is 4. The fourth-order valence-electron chi connectivity index (χ4n) is 4.39. The maximum atomic E-state index is 12.2. The summed E-state index contributed by atoms with van der Waals surface area (Å²) in [4.78, 5) is 12.2. The molecular formula is C28H24N2O3. The molecule has 33 heavy (non-hydrogen) atoms. The van der Waals surface area contributed by atoms with Gasteiger partial charge in [-0.25, -0.2) is 0 Å². The summed E-state index contributed by atoms with van der Waals surface area (Å²) >= 11 is 0. The van der Waals surface area contributed by atoms with Crippen molar-refractivity contribution in [2.45, 2.75) is 19.9 Å². The molecule has 0 atom stereocenters. The van der Waals surface area contributed by atoms with Crippen molar-refractivity contribution in [2.24, 2.45) is 5.73 Å². The molecule has 0 unspecified atom stereocenters. The van der Waals surface area contributed by atoms with Gasteiger partial charge < -0.3 is 20.1 Å². The van der Waals surface area contributed by atoms with Crippen LogP contribution in [0.3, 0.4) is 0 Å². The topological polar surface area (TPSA) is 77.5 Å². The molecule has 1 aromatic heterocycles. The molecule has 0 aliphatic carbocycles. The van der Waals surface area contributed by atoms with E-state index in [9.17, 15) is 9.90 Å². The number of fused-ring (bicyclic) bond motifs is 3. The number of aryl methyl sites for hydroxylation is 1. The predicted molar refractivity (Wildman–Crippen MR) is 131 cm³/mol. The van der Waals surface area contributed by atoms with Gasteiger partial charge in [0, 0.05) is 16.5 Å². The number of phenolic OH excluding ortho intramolecular Hbond substituents is 1. The fraction of sp³-hybridized carbons (Fsp3) is 0.107. The second-order valence-corrected chi connectivity index (χ2v) is 8.04. The predicted octanol–water partition coefficient (Wildman–Crippen LogP) is 6.00. The van der Waals surface area contributed by atoms with E-state index < -0.39 is 5.91 Å². The number of nitrogens with zero attached hydrogens (tertiary/aromatic N) is 1. The van der Waals surface area contributed by atoms with Crippen molar-refractivity contribution in [1.82, 2.24) is 4.57 Å². The zero-order chi connectivity index (χ0) is 22.9. The molecule has 5 heteroatoms. The van der Waals surface area contributed by atoms with Crippen LogP contribution in [0.15, 0.2) is 84.9 Å². The van der Waals surface area contributed by atoms with Gasteiger partial charge >= 0.3 is 0 Å². The van der Waals surface area contributed by atoms with Gasteiger partial charge in [0.05, 0.1) is 23.0 Å². The van der Waals surface area contributed by atoms with Crippen molar-refractivity contribution >= 4 is 27.7 Å². The second kappa shape index (κ2) is 8.36. The summed E-state index contributed by atoms with van der Waals surface area (Å²) < 4.78 is 8.29. The first-order valence-electron chi connectivity index (χ1n) is 10.9. The van der Waals surface area contributed by atoms with E-state index in [-0.39, 0.29) is 5.75 Å². The number of aromatic nitrogens is 1. The summed E-state index contributed by atoms with van der Waals surface area (Å²) in [6.45, 7) is 2.54. The first kappa shape index (κ1) is 20.6. The number of carbonyl (C=O) groups is 1. The third-order valence-electron chi connectivity index (χ3n) is 5.98. The maximum absolute atomic E-state index is 12.2. The average molecular weight is 437 g/mol. The van der Waals surface area contributed by atoms with Crippen molar-refractivity contribution in [3.05, 3.63) is 102 Å². The van der Waals surface area contributed by atoms with Gasteiger partial charge in [-0.1, -0.05) is 49.4 Å². The lowest BCUT2D eigenvalue weighted by atomic mass is 10.0. The number of nitrogens with two attached hydrogens (primary N) is 1. The first-order chi connectivity index (χ1) is 16.1. The van der Waals surface area contributed by atoms with Gasteiger partial charge in [0.2, 0.25) is 5.91 Å². The van der Waals surface area contributed by atoms with E-state index in [1.54, 1.807) is 12.1 Å². The molecule has 1 heterocycles. The van der Waals surface area contributed by atoms with E-state index in [2.05, 4.69) is 10.6 Å². The summed E-state index contributed by atoms with van der Waals surface area (Å²) in [5.74, 6) is 1.14. The Morgan fingerprint density at radius 1 is 0.909 bits per heavy atom. The van der Waals surface area contributed by atoms with Crippen LogP contribution in [0, 0.1) is 0 Å². The molecule has 5 nitrogen and oxygen atoms in total. The highest BCUT2D eigenvalue weighted by Crippen LogP contribution is 2.39. The lowest BCUT2D eigenvalue weighted by Gasteiger charge is -2.14. The molecule has 0 bridgehead atoms. The van der Waals surface area contributed by atoms with Crippen molar-refractivity contribution in [1.29, 1.82) is 0 Å². The Hall–Kier alpha value is -4.25. The quantitative estimate of drug-likeness (QED) is 0.343. The molecule has 0 radical (unpaired) electrons. The Labute approximate surface area is 191 Å². The fourth-order valence-corrected chi connectivity index (χ4v) is 4.39. The maximum Gasteiger partial charge on any atom is 0.249 e. The van der Waals surface area contributed by atoms with Gasteiger partial charge in [-0.15, -0.1) is 0 Å². The summed E-state index contributed by atoms with van der Waals surface area (Å²) in [6, 6.07) is 26.9. The lowest BCUT2D eigenvalue weighted by molar-refractivity contribution is 0.100. The van der Waals surface area contributed by atoms with Crippen LogP contribution in [0.4, 0.5) is 0 Å². The molecule has 0 aliphatic rings. The number of hydrogen-bond donors (Lipinski definition) is 2. The van der Waals surface area contributed by atoms with Crippen LogP contribution >= 0.6 is 0 Å². The number of ether oxygens (including phenoxy) is 1. The smallest absolute Gasteiger partial charge is 0.249 e. The largest absolute Gasteiger partial charge is 0.507 e. The third-order valence-corrected chi connectivity index (χ3v) is 5.98. The molecule has 0 saturated heterocycles. The number of phenols is 1. The first-order valence-corrected chi connectivity index (χ1v) is 10.9. The minimum atomic E-state index is -0.522. The highest BCUT2D eigenvalue weighted by atomic mass is 16.5. The average Bonchev–Trinajstić information content (AvgIpc) is 3.14. The van der Waals surface area contributed by atoms with Gasteiger partial charge in [-0.05, 0) is 54.4 Å². The van der Waals surface area contributed by atoms with Crippen LogP contribution in [0.5, 0.6) is 17.2 Å². The monoisotopic (exact) mass is 436 g/mol. The minimum absolute atomic E-state index is 0.149. The second-order valence-electron chi connectivity index (χ2n) is 8.04. The Morgan fingerprint density at radius 2 is 1.67 bits per heavy atom. The van der Waals surface area contributed by atoms with Crippen molar-refractivity contribution in [3.8, 4) is 17.2 Å². The van der Waals surface area contributed by atoms with Crippen molar-refractivity contribution < 1.29 is 14.6 Å². The van der Waals surface area contributed by atoms with Crippen LogP contribution in [0.1, 0.15) is 28.4 Å². The highest BCUT2D eigenvalue weighted by molar-refractivity contribution is 6.19. The van der Waals surface area contributed by atoms with E-state index in [4.69, 9.17) is 10.5 Å². The van der Waals surface area contributed by atoms with E-state index in [1.807, 2.05) is 73.7 Å². The summed E-state index contributed by atoms with van der Waals surface area (Å²) in [5.41, 5.74) is 9.77. The molecule has 0 aliphatic heterocycles. The number of para-hydroxylation sites is 2. The van der Waals surface area contributed by atoms with E-state index >= 15 is 0 Å². The van der Waals surface area contributed by atoms with Gasteiger partial charge in [0.15, 0.2) is 0 Å². The molecule has 1 amide bonds. The van der Waals surface area contributed by atoms with Gasteiger partial charge in [-0.3, -0.25) is 4.79 Å². The number of aromatic hydroxyl groups is 1. The normalized spacial score (nSPS) is 11.2. The lowest BCUT2D eigenvalue weighted by Crippen LogP contribution is -2.11. The van der Waals surface area contributed by atoms with Crippen molar-refractivity contribution in [2.75, 3.05) is 0 Å². The van der Waals surface area contributed by atoms with Crippen LogP contribution in [0.25, 0.3) is 21.8 Å². The Bertz CT molecular complexity index is 1490. The van der Waals surface area contributed by atoms with Gasteiger partial charge in [-0.2, -0.15) is 0 Å². The summed E-state index contributed by atoms with van der Waals surface area (Å²) in [5, 5.41) is 12.2. The summed E-state index contributed by atoms with van der Waals surface area (Å²) in [7, 11) is 0. The number of primary amides is 1. The number of rotatable bonds is 6. The number of hydrogen-bond acceptors (Lipinski definition) is 3. The highest BCUT2D eigenvalue weighted by Gasteiger charge is 2.20. The Morgan fingerprint density at radius 3 is 2.42 bits per heavy atom. The van der Waals surface area contributed by atoms with Crippen LogP contribution in [-0.4, -0.2) is 15.6 Å². The molecule has 164 valence electrons. The number of amides is 1. The Balaban J connectivity index is 1.73. The molecule has 5 aromatic rings. The molecule has 3 N–H and O–H groups in total. The minimum Gasteiger partial charge on any atom is -0.507 e. The van der Waals surface area contributed by atoms with E-state index in [0.29, 0.717) is 22.9 Å². The van der Waals surface area contributed by atoms with E-state index in [1.165, 1.54) is 0 Å². The molecule has 5 rings (SSSR count). The zero-order valence-corrected chi connectivity index (χ0v) is 18.3. The Kier molecular flexibility index (Phi) is 5.23. The van der Waals surface area contributed by atoms with Crippen molar-refractivity contribution in [3.63, 3.8) is 0 Å². The SMILES string of the molecule is CCc1cc(O)c2c3c(C(N)=O)cccc3n(Cc3ccccc3Oc3ccccc3)c2c1. The number of carbonyl (C=O) groups excluding carboxylic acids is 1.